The normalized spacial score (nSPS) is 24.7. The summed E-state index contributed by atoms with van der Waals surface area (Å²) in [5, 5.41) is 0. The van der Waals surface area contributed by atoms with Crippen LogP contribution in [0.25, 0.3) is 0 Å². The van der Waals surface area contributed by atoms with Crippen LogP contribution in [-0.2, 0) is 31.0 Å². The number of hydrogen-bond donors (Lipinski definition) is 0. The molecule has 5 rings (SSSR count). The maximum absolute atomic E-state index is 14.6. The van der Waals surface area contributed by atoms with E-state index in [2.05, 4.69) is 0 Å². The van der Waals surface area contributed by atoms with Crippen molar-refractivity contribution in [3.63, 3.8) is 0 Å². The quantitative estimate of drug-likeness (QED) is 0.401. The zero-order valence-electron chi connectivity index (χ0n) is 22.4. The lowest BCUT2D eigenvalue weighted by Crippen LogP contribution is -2.51. The van der Waals surface area contributed by atoms with Gasteiger partial charge in [-0.05, 0) is 69.0 Å². The summed E-state index contributed by atoms with van der Waals surface area (Å²) >= 11 is 0. The smallest absolute Gasteiger partial charge is 0.421 e. The van der Waals surface area contributed by atoms with E-state index >= 15 is 0 Å². The molecule has 0 spiro atoms. The first-order valence-corrected chi connectivity index (χ1v) is 12.9. The van der Waals surface area contributed by atoms with Gasteiger partial charge in [-0.1, -0.05) is 60.7 Å². The van der Waals surface area contributed by atoms with Crippen molar-refractivity contribution >= 4 is 29.3 Å². The monoisotopic (exact) mass is 527 g/mol. The molecule has 0 aromatic heterocycles. The fraction of sp³-hybridized carbons (Fsp3) is 0.312. The van der Waals surface area contributed by atoms with E-state index in [4.69, 9.17) is 4.74 Å². The number of carbonyl (C=O) groups is 4. The Morgan fingerprint density at radius 1 is 0.949 bits per heavy atom. The Hall–Kier alpha value is -4.13. The minimum absolute atomic E-state index is 0.188. The molecular weight excluding hydrogens is 497 g/mol. The topological polar surface area (TPSA) is 80.8 Å². The molecule has 2 aliphatic rings. The molecule has 1 fully saturated rings. The number of nitrogens with zero attached hydrogens (tertiary/aromatic N) is 1. The molecule has 6 nitrogen and oxygen atoms in total. The highest BCUT2D eigenvalue weighted by Gasteiger charge is 2.66. The minimum atomic E-state index is -1.72. The number of para-hydroxylation sites is 1. The molecule has 2 amide bonds. The van der Waals surface area contributed by atoms with E-state index in [-0.39, 0.29) is 30.1 Å². The number of fused-ring (bicyclic) bond motifs is 1. The first kappa shape index (κ1) is 26.5. The van der Waals surface area contributed by atoms with E-state index in [0.717, 1.165) is 10.5 Å². The summed E-state index contributed by atoms with van der Waals surface area (Å²) in [6.07, 6.45) is -0.887. The van der Waals surface area contributed by atoms with Crippen LogP contribution in [0.4, 0.5) is 14.9 Å². The van der Waals surface area contributed by atoms with Gasteiger partial charge >= 0.3 is 6.09 Å². The van der Waals surface area contributed by atoms with Gasteiger partial charge in [-0.3, -0.25) is 14.4 Å². The second kappa shape index (κ2) is 9.26. The van der Waals surface area contributed by atoms with Crippen molar-refractivity contribution in [3.05, 3.63) is 101 Å². The fourth-order valence-corrected chi connectivity index (χ4v) is 5.99. The molecular formula is C32H30FNO5. The molecule has 0 N–H and O–H groups in total. The summed E-state index contributed by atoms with van der Waals surface area (Å²) in [5.74, 6) is -2.97. The van der Waals surface area contributed by atoms with Gasteiger partial charge < -0.3 is 4.74 Å². The molecule has 1 heterocycles. The molecule has 0 saturated heterocycles. The molecule has 1 aliphatic carbocycles. The molecule has 0 bridgehead atoms. The molecule has 1 aliphatic heterocycles. The zero-order valence-corrected chi connectivity index (χ0v) is 22.4. The van der Waals surface area contributed by atoms with Crippen LogP contribution >= 0.6 is 0 Å². The SMILES string of the molecule is CC(C)(C)OC(=O)N1C(=O)[C@@](c2ccc(F)cc2)([C@@H]2CC(=O)[C@@](C)(Cc3ccccc3)C2=O)c2ccccc21. The standard InChI is InChI=1S/C32H30FNO5/c1-30(2,3)39-29(38)34-25-13-9-8-12-23(25)32(28(34)37,21-14-16-22(33)17-15-21)24-18-26(35)31(4,27(24)36)19-20-10-6-5-7-11-20/h5-17,24H,18-19H2,1-4H3/t24-,31-,32-/m1/s1. The Morgan fingerprint density at radius 2 is 1.56 bits per heavy atom. The Balaban J connectivity index is 1.71. The van der Waals surface area contributed by atoms with E-state index < -0.39 is 40.2 Å². The van der Waals surface area contributed by atoms with Gasteiger partial charge in [0.05, 0.1) is 11.1 Å². The van der Waals surface area contributed by atoms with Gasteiger partial charge in [0.25, 0.3) is 5.91 Å². The Bertz CT molecular complexity index is 1480. The molecule has 200 valence electrons. The molecule has 0 radical (unpaired) electrons. The predicted octanol–water partition coefficient (Wildman–Crippen LogP) is 5.80. The number of ether oxygens (including phenoxy) is 1. The number of halogens is 1. The summed E-state index contributed by atoms with van der Waals surface area (Å²) in [4.78, 5) is 56.9. The predicted molar refractivity (Wildman–Crippen MR) is 144 cm³/mol. The van der Waals surface area contributed by atoms with E-state index in [1.165, 1.54) is 24.3 Å². The molecule has 3 atom stereocenters. The van der Waals surface area contributed by atoms with Crippen LogP contribution in [0.15, 0.2) is 78.9 Å². The van der Waals surface area contributed by atoms with Crippen molar-refractivity contribution in [2.45, 2.75) is 51.6 Å². The van der Waals surface area contributed by atoms with E-state index in [9.17, 15) is 23.6 Å². The van der Waals surface area contributed by atoms with E-state index in [1.807, 2.05) is 30.3 Å². The molecule has 3 aromatic carbocycles. The Labute approximate surface area is 226 Å². The molecule has 0 unspecified atom stereocenters. The summed E-state index contributed by atoms with van der Waals surface area (Å²) in [7, 11) is 0. The third-order valence-corrected chi connectivity index (χ3v) is 7.77. The second-order valence-corrected chi connectivity index (χ2v) is 11.5. The third-order valence-electron chi connectivity index (χ3n) is 7.77. The first-order valence-electron chi connectivity index (χ1n) is 12.9. The van der Waals surface area contributed by atoms with Crippen LogP contribution in [0.1, 0.15) is 50.8 Å². The Morgan fingerprint density at radius 3 is 2.21 bits per heavy atom. The highest BCUT2D eigenvalue weighted by molar-refractivity contribution is 6.26. The molecule has 3 aromatic rings. The van der Waals surface area contributed by atoms with Crippen LogP contribution in [0.3, 0.4) is 0 Å². The van der Waals surface area contributed by atoms with Gasteiger partial charge in [0.15, 0.2) is 5.78 Å². The van der Waals surface area contributed by atoms with Crippen molar-refractivity contribution in [2.24, 2.45) is 11.3 Å². The van der Waals surface area contributed by atoms with Crippen molar-refractivity contribution in [1.82, 2.24) is 0 Å². The lowest BCUT2D eigenvalue weighted by atomic mass is 9.64. The molecule has 1 saturated carbocycles. The number of benzene rings is 3. The number of hydrogen-bond acceptors (Lipinski definition) is 5. The minimum Gasteiger partial charge on any atom is -0.443 e. The maximum Gasteiger partial charge on any atom is 0.421 e. The van der Waals surface area contributed by atoms with E-state index in [0.29, 0.717) is 11.1 Å². The van der Waals surface area contributed by atoms with Gasteiger partial charge in [0, 0.05) is 12.3 Å². The molecule has 7 heteroatoms. The van der Waals surface area contributed by atoms with E-state index in [1.54, 1.807) is 52.0 Å². The van der Waals surface area contributed by atoms with Crippen molar-refractivity contribution in [1.29, 1.82) is 0 Å². The largest absolute Gasteiger partial charge is 0.443 e. The fourth-order valence-electron chi connectivity index (χ4n) is 5.99. The van der Waals surface area contributed by atoms with Gasteiger partial charge in [0.1, 0.15) is 22.6 Å². The van der Waals surface area contributed by atoms with Crippen LogP contribution in [0.2, 0.25) is 0 Å². The van der Waals surface area contributed by atoms with Gasteiger partial charge in [-0.15, -0.1) is 0 Å². The highest BCUT2D eigenvalue weighted by Crippen LogP contribution is 2.56. The van der Waals surface area contributed by atoms with Crippen molar-refractivity contribution in [3.8, 4) is 0 Å². The summed E-state index contributed by atoms with van der Waals surface area (Å²) in [6.45, 7) is 6.70. The molecule has 39 heavy (non-hydrogen) atoms. The van der Waals surface area contributed by atoms with Gasteiger partial charge in [-0.2, -0.15) is 0 Å². The van der Waals surface area contributed by atoms with Crippen molar-refractivity contribution < 1.29 is 28.3 Å². The number of carbonyl (C=O) groups excluding carboxylic acids is 4. The van der Waals surface area contributed by atoms with Crippen LogP contribution < -0.4 is 4.90 Å². The number of rotatable bonds is 4. The first-order chi connectivity index (χ1) is 18.4. The second-order valence-electron chi connectivity index (χ2n) is 11.5. The summed E-state index contributed by atoms with van der Waals surface area (Å²) in [5.41, 5.74) is -2.13. The van der Waals surface area contributed by atoms with Gasteiger partial charge in [0.2, 0.25) is 0 Å². The number of Topliss-reactive ketones (excluding diaryl/α,β-unsaturated/α-hetero) is 2. The zero-order chi connectivity index (χ0) is 28.2. The van der Waals surface area contributed by atoms with Gasteiger partial charge in [-0.25, -0.2) is 14.1 Å². The number of ketones is 2. The number of anilines is 1. The lowest BCUT2D eigenvalue weighted by molar-refractivity contribution is -0.137. The average molecular weight is 528 g/mol. The van der Waals surface area contributed by atoms with Crippen LogP contribution in [-0.4, -0.2) is 29.2 Å². The number of imide groups is 1. The average Bonchev–Trinajstić information content (AvgIpc) is 3.27. The highest BCUT2D eigenvalue weighted by atomic mass is 19.1. The number of amides is 2. The third kappa shape index (κ3) is 4.17. The maximum atomic E-state index is 14.6. The lowest BCUT2D eigenvalue weighted by Gasteiger charge is -2.35. The summed E-state index contributed by atoms with van der Waals surface area (Å²) in [6, 6.07) is 21.3. The van der Waals surface area contributed by atoms with Crippen LogP contribution in [0, 0.1) is 17.2 Å². The summed E-state index contributed by atoms with van der Waals surface area (Å²) < 4.78 is 19.7. The van der Waals surface area contributed by atoms with Crippen LogP contribution in [0.5, 0.6) is 0 Å². The van der Waals surface area contributed by atoms with Crippen molar-refractivity contribution in [2.75, 3.05) is 4.90 Å². The Kier molecular flexibility index (Phi) is 6.29.